The molecule has 2 N–H and O–H groups in total. The topological polar surface area (TPSA) is 49.8 Å². The minimum atomic E-state index is -4.52. The average molecular weight is 282 g/mol. The number of nitrogens with zero attached hydrogens (tertiary/aromatic N) is 2. The lowest BCUT2D eigenvalue weighted by atomic mass is 10.2. The van der Waals surface area contributed by atoms with Crippen LogP contribution in [0.15, 0.2) is 30.3 Å². The summed E-state index contributed by atoms with van der Waals surface area (Å²) in [4.78, 5) is 7.35. The van der Waals surface area contributed by atoms with Gasteiger partial charge in [-0.3, -0.25) is 0 Å². The van der Waals surface area contributed by atoms with Gasteiger partial charge in [0.15, 0.2) is 5.69 Å². The van der Waals surface area contributed by atoms with Gasteiger partial charge in [0, 0.05) is 18.8 Å². The Morgan fingerprint density at radius 1 is 1.10 bits per heavy atom. The molecule has 0 aliphatic carbocycles. The van der Waals surface area contributed by atoms with Crippen molar-refractivity contribution in [1.82, 2.24) is 9.97 Å². The second-order valence-electron chi connectivity index (χ2n) is 4.20. The second-order valence-corrected chi connectivity index (χ2v) is 4.20. The predicted octanol–water partition coefficient (Wildman–Crippen LogP) is 3.59. The number of nitrogens with one attached hydrogen (secondary N) is 2. The fourth-order valence-corrected chi connectivity index (χ4v) is 1.64. The number of anilines is 3. The quantitative estimate of drug-likeness (QED) is 0.903. The van der Waals surface area contributed by atoms with Crippen molar-refractivity contribution in [2.24, 2.45) is 0 Å². The molecular weight excluding hydrogens is 269 g/mol. The van der Waals surface area contributed by atoms with Crippen molar-refractivity contribution in [3.05, 3.63) is 41.6 Å². The maximum atomic E-state index is 12.7. The summed E-state index contributed by atoms with van der Waals surface area (Å²) in [6.45, 7) is 1.89. The lowest BCUT2D eigenvalue weighted by Crippen LogP contribution is -2.12. The molecule has 2 aromatic rings. The van der Waals surface area contributed by atoms with Crippen molar-refractivity contribution in [3.63, 3.8) is 0 Å². The van der Waals surface area contributed by atoms with Gasteiger partial charge in [-0.2, -0.15) is 18.2 Å². The van der Waals surface area contributed by atoms with Gasteiger partial charge in [-0.15, -0.1) is 0 Å². The van der Waals surface area contributed by atoms with E-state index in [4.69, 9.17) is 0 Å². The molecule has 7 heteroatoms. The second kappa shape index (κ2) is 5.36. The highest BCUT2D eigenvalue weighted by Gasteiger charge is 2.33. The lowest BCUT2D eigenvalue weighted by Gasteiger charge is -2.11. The highest BCUT2D eigenvalue weighted by Crippen LogP contribution is 2.30. The van der Waals surface area contributed by atoms with Crippen molar-refractivity contribution in [2.75, 3.05) is 17.7 Å². The van der Waals surface area contributed by atoms with Gasteiger partial charge < -0.3 is 10.6 Å². The van der Waals surface area contributed by atoms with E-state index in [0.29, 0.717) is 5.69 Å². The third kappa shape index (κ3) is 3.37. The number of rotatable bonds is 3. The predicted molar refractivity (Wildman–Crippen MR) is 71.0 cm³/mol. The molecule has 4 nitrogen and oxygen atoms in total. The highest BCUT2D eigenvalue weighted by atomic mass is 19.4. The minimum Gasteiger partial charge on any atom is -0.357 e. The number of alkyl halides is 3. The molecule has 0 aliphatic heterocycles. The molecule has 0 spiro atoms. The number of hydrogen-bond acceptors (Lipinski definition) is 4. The molecule has 0 unspecified atom stereocenters. The Kier molecular flexibility index (Phi) is 3.78. The molecule has 1 aromatic heterocycles. The maximum absolute atomic E-state index is 12.7. The van der Waals surface area contributed by atoms with E-state index in [9.17, 15) is 13.2 Å². The van der Waals surface area contributed by atoms with Gasteiger partial charge in [0.2, 0.25) is 5.95 Å². The third-order valence-electron chi connectivity index (χ3n) is 2.53. The van der Waals surface area contributed by atoms with E-state index in [2.05, 4.69) is 20.6 Å². The van der Waals surface area contributed by atoms with Crippen LogP contribution in [-0.2, 0) is 6.18 Å². The summed E-state index contributed by atoms with van der Waals surface area (Å²) in [6, 6.07) is 8.15. The maximum Gasteiger partial charge on any atom is 0.433 e. The first-order chi connectivity index (χ1) is 9.38. The molecule has 0 amide bonds. The largest absolute Gasteiger partial charge is 0.433 e. The summed E-state index contributed by atoms with van der Waals surface area (Å²) in [7, 11) is 1.46. The van der Waals surface area contributed by atoms with Crippen LogP contribution < -0.4 is 10.6 Å². The van der Waals surface area contributed by atoms with E-state index < -0.39 is 11.9 Å². The Morgan fingerprint density at radius 2 is 1.85 bits per heavy atom. The first kappa shape index (κ1) is 14.1. The van der Waals surface area contributed by atoms with Crippen LogP contribution in [0.25, 0.3) is 0 Å². The number of aryl methyl sites for hydroxylation is 1. The van der Waals surface area contributed by atoms with Crippen LogP contribution in [0, 0.1) is 6.92 Å². The molecule has 0 saturated carbocycles. The van der Waals surface area contributed by atoms with E-state index in [1.54, 1.807) is 6.07 Å². The molecule has 0 saturated heterocycles. The van der Waals surface area contributed by atoms with Crippen molar-refractivity contribution in [1.29, 1.82) is 0 Å². The highest BCUT2D eigenvalue weighted by molar-refractivity contribution is 5.58. The number of halogens is 3. The molecule has 0 aliphatic rings. The summed E-state index contributed by atoms with van der Waals surface area (Å²) in [5, 5.41) is 5.36. The summed E-state index contributed by atoms with van der Waals surface area (Å²) in [5.74, 6) is -0.00254. The smallest absolute Gasteiger partial charge is 0.357 e. The normalized spacial score (nSPS) is 11.2. The van der Waals surface area contributed by atoms with E-state index >= 15 is 0 Å². The Hall–Kier alpha value is -2.31. The van der Waals surface area contributed by atoms with Crippen molar-refractivity contribution in [2.45, 2.75) is 13.1 Å². The zero-order valence-corrected chi connectivity index (χ0v) is 10.9. The third-order valence-corrected chi connectivity index (χ3v) is 2.53. The van der Waals surface area contributed by atoms with Crippen LogP contribution in [0.5, 0.6) is 0 Å². The molecule has 1 heterocycles. The Labute approximate surface area is 114 Å². The van der Waals surface area contributed by atoms with Gasteiger partial charge in [-0.05, 0) is 24.6 Å². The van der Waals surface area contributed by atoms with Crippen LogP contribution in [0.3, 0.4) is 0 Å². The Balaban J connectivity index is 2.36. The molecule has 0 bridgehead atoms. The van der Waals surface area contributed by atoms with Gasteiger partial charge in [0.25, 0.3) is 0 Å². The molecule has 0 atom stereocenters. The monoisotopic (exact) mass is 282 g/mol. The molecule has 0 fully saturated rings. The van der Waals surface area contributed by atoms with Gasteiger partial charge in [0.05, 0.1) is 0 Å². The summed E-state index contributed by atoms with van der Waals surface area (Å²) < 4.78 is 38.2. The van der Waals surface area contributed by atoms with Crippen LogP contribution in [0.2, 0.25) is 0 Å². The molecule has 0 radical (unpaired) electrons. The first-order valence-electron chi connectivity index (χ1n) is 5.86. The summed E-state index contributed by atoms with van der Waals surface area (Å²) >= 11 is 0. The molecule has 2 rings (SSSR count). The van der Waals surface area contributed by atoms with E-state index in [-0.39, 0.29) is 11.8 Å². The Morgan fingerprint density at radius 3 is 2.45 bits per heavy atom. The van der Waals surface area contributed by atoms with Crippen LogP contribution in [0.1, 0.15) is 11.3 Å². The lowest BCUT2D eigenvalue weighted by molar-refractivity contribution is -0.141. The summed E-state index contributed by atoms with van der Waals surface area (Å²) in [5.41, 5.74) is 0.667. The fourth-order valence-electron chi connectivity index (χ4n) is 1.64. The van der Waals surface area contributed by atoms with Crippen LogP contribution in [-0.4, -0.2) is 17.0 Å². The molecule has 20 heavy (non-hydrogen) atoms. The van der Waals surface area contributed by atoms with Crippen LogP contribution >= 0.6 is 0 Å². The first-order valence-corrected chi connectivity index (χ1v) is 5.86. The SMILES string of the molecule is CNc1nc(Nc2cccc(C)c2)cc(C(F)(F)F)n1. The average Bonchev–Trinajstić information content (AvgIpc) is 2.37. The number of hydrogen-bond donors (Lipinski definition) is 2. The number of benzene rings is 1. The molecule has 1 aromatic carbocycles. The zero-order valence-electron chi connectivity index (χ0n) is 10.9. The van der Waals surface area contributed by atoms with Crippen molar-refractivity contribution >= 4 is 17.5 Å². The zero-order chi connectivity index (χ0) is 14.8. The van der Waals surface area contributed by atoms with E-state index in [1.165, 1.54) is 7.05 Å². The van der Waals surface area contributed by atoms with Crippen LogP contribution in [0.4, 0.5) is 30.6 Å². The van der Waals surface area contributed by atoms with Gasteiger partial charge in [-0.1, -0.05) is 12.1 Å². The number of aromatic nitrogens is 2. The molecular formula is C13H13F3N4. The molecule has 106 valence electrons. The van der Waals surface area contributed by atoms with Gasteiger partial charge in [0.1, 0.15) is 5.82 Å². The van der Waals surface area contributed by atoms with Crippen molar-refractivity contribution < 1.29 is 13.2 Å². The fraction of sp³-hybridized carbons (Fsp3) is 0.231. The van der Waals surface area contributed by atoms with Gasteiger partial charge in [-0.25, -0.2) is 4.98 Å². The Bertz CT molecular complexity index is 611. The van der Waals surface area contributed by atoms with Crippen molar-refractivity contribution in [3.8, 4) is 0 Å². The summed E-state index contributed by atoms with van der Waals surface area (Å²) in [6.07, 6.45) is -4.52. The standard InChI is InChI=1S/C13H13F3N4/c1-8-4-3-5-9(6-8)18-11-7-10(13(14,15)16)19-12(17-2)20-11/h3-7H,1-2H3,(H2,17,18,19,20). The van der Waals surface area contributed by atoms with E-state index in [0.717, 1.165) is 11.6 Å². The van der Waals surface area contributed by atoms with E-state index in [1.807, 2.05) is 25.1 Å². The minimum absolute atomic E-state index is 0.0854. The van der Waals surface area contributed by atoms with Gasteiger partial charge >= 0.3 is 6.18 Å².